The third-order valence-electron chi connectivity index (χ3n) is 2.71. The van der Waals surface area contributed by atoms with Gasteiger partial charge < -0.3 is 15.8 Å². The van der Waals surface area contributed by atoms with E-state index in [-0.39, 0.29) is 0 Å². The number of ether oxygens (including phenoxy) is 1. The highest BCUT2D eigenvalue weighted by molar-refractivity contribution is 5.47. The Morgan fingerprint density at radius 3 is 2.53 bits per heavy atom. The maximum Gasteiger partial charge on any atom is 0.119 e. The second-order valence-electron chi connectivity index (χ2n) is 4.03. The van der Waals surface area contributed by atoms with Gasteiger partial charge in [-0.3, -0.25) is 0 Å². The molecule has 3 heteroatoms. The number of hydrogen-bond donors (Lipinski definition) is 2. The highest BCUT2D eigenvalue weighted by atomic mass is 16.5. The molecule has 1 aromatic rings. The van der Waals surface area contributed by atoms with Crippen molar-refractivity contribution in [2.45, 2.75) is 31.8 Å². The number of anilines is 1. The van der Waals surface area contributed by atoms with E-state index in [9.17, 15) is 0 Å². The van der Waals surface area contributed by atoms with Gasteiger partial charge in [-0.25, -0.2) is 0 Å². The minimum absolute atomic E-state index is 0.394. The third kappa shape index (κ3) is 2.63. The molecule has 0 heterocycles. The fourth-order valence-corrected chi connectivity index (χ4v) is 1.83. The summed E-state index contributed by atoms with van der Waals surface area (Å²) in [5.41, 5.74) is 6.87. The predicted molar refractivity (Wildman–Crippen MR) is 62.2 cm³/mol. The van der Waals surface area contributed by atoms with Gasteiger partial charge >= 0.3 is 0 Å². The van der Waals surface area contributed by atoms with Gasteiger partial charge in [0.05, 0.1) is 6.61 Å². The van der Waals surface area contributed by atoms with Crippen LogP contribution in [0, 0.1) is 0 Å². The summed E-state index contributed by atoms with van der Waals surface area (Å²) in [6.07, 6.45) is 2.15. The fraction of sp³-hybridized carbons (Fsp3) is 0.500. The summed E-state index contributed by atoms with van der Waals surface area (Å²) in [4.78, 5) is 0. The molecule has 0 atom stereocenters. The molecule has 1 aliphatic carbocycles. The van der Waals surface area contributed by atoms with Crippen molar-refractivity contribution >= 4 is 5.69 Å². The zero-order valence-corrected chi connectivity index (χ0v) is 9.07. The number of benzene rings is 1. The van der Waals surface area contributed by atoms with Crippen LogP contribution >= 0.6 is 0 Å². The molecule has 1 aliphatic rings. The van der Waals surface area contributed by atoms with Crippen molar-refractivity contribution in [1.29, 1.82) is 0 Å². The number of nitrogens with two attached hydrogens (primary N) is 1. The van der Waals surface area contributed by atoms with Crippen molar-refractivity contribution in [2.75, 3.05) is 11.9 Å². The van der Waals surface area contributed by atoms with Crippen LogP contribution in [0.25, 0.3) is 0 Å². The van der Waals surface area contributed by atoms with Crippen LogP contribution in [0.15, 0.2) is 24.3 Å². The van der Waals surface area contributed by atoms with Crippen LogP contribution in [0.2, 0.25) is 0 Å². The summed E-state index contributed by atoms with van der Waals surface area (Å²) in [7, 11) is 0. The monoisotopic (exact) mass is 206 g/mol. The molecule has 1 aromatic carbocycles. The standard InChI is InChI=1S/C12H18N2O/c1-2-15-12-5-3-10(4-6-12)14-11-7-9(13)8-11/h3-6,9,11,14H,2,7-8,13H2,1H3. The lowest BCUT2D eigenvalue weighted by molar-refractivity contribution is 0.340. The van der Waals surface area contributed by atoms with Crippen molar-refractivity contribution < 1.29 is 4.74 Å². The summed E-state index contributed by atoms with van der Waals surface area (Å²) in [6, 6.07) is 9.03. The lowest BCUT2D eigenvalue weighted by Crippen LogP contribution is -2.44. The highest BCUT2D eigenvalue weighted by Crippen LogP contribution is 2.23. The molecule has 0 aliphatic heterocycles. The van der Waals surface area contributed by atoms with Crippen molar-refractivity contribution in [3.63, 3.8) is 0 Å². The molecule has 2 rings (SSSR count). The van der Waals surface area contributed by atoms with Gasteiger partial charge in [0.2, 0.25) is 0 Å². The fourth-order valence-electron chi connectivity index (χ4n) is 1.83. The van der Waals surface area contributed by atoms with Crippen LogP contribution < -0.4 is 15.8 Å². The Hall–Kier alpha value is -1.22. The highest BCUT2D eigenvalue weighted by Gasteiger charge is 2.25. The van der Waals surface area contributed by atoms with Crippen LogP contribution in [-0.4, -0.2) is 18.7 Å². The quantitative estimate of drug-likeness (QED) is 0.792. The van der Waals surface area contributed by atoms with E-state index in [0.717, 1.165) is 24.3 Å². The van der Waals surface area contributed by atoms with E-state index in [1.54, 1.807) is 0 Å². The van der Waals surface area contributed by atoms with E-state index >= 15 is 0 Å². The first kappa shape index (κ1) is 10.3. The van der Waals surface area contributed by atoms with Crippen molar-refractivity contribution in [2.24, 2.45) is 5.73 Å². The van der Waals surface area contributed by atoms with E-state index < -0.39 is 0 Å². The molecule has 0 saturated heterocycles. The van der Waals surface area contributed by atoms with Crippen LogP contribution in [-0.2, 0) is 0 Å². The second kappa shape index (κ2) is 4.53. The summed E-state index contributed by atoms with van der Waals surface area (Å²) >= 11 is 0. The third-order valence-corrected chi connectivity index (χ3v) is 2.71. The van der Waals surface area contributed by atoms with Crippen LogP contribution in [0.4, 0.5) is 5.69 Å². The Balaban J connectivity index is 1.87. The Morgan fingerprint density at radius 1 is 1.33 bits per heavy atom. The van der Waals surface area contributed by atoms with Gasteiger partial charge in [-0.05, 0) is 44.0 Å². The normalized spacial score (nSPS) is 24.4. The molecular formula is C12H18N2O. The topological polar surface area (TPSA) is 47.3 Å². The van der Waals surface area contributed by atoms with Crippen LogP contribution in [0.1, 0.15) is 19.8 Å². The first-order valence-corrected chi connectivity index (χ1v) is 5.53. The first-order valence-electron chi connectivity index (χ1n) is 5.53. The Labute approximate surface area is 90.6 Å². The van der Waals surface area contributed by atoms with E-state index in [1.165, 1.54) is 0 Å². The minimum atomic E-state index is 0.394. The number of nitrogens with one attached hydrogen (secondary N) is 1. The smallest absolute Gasteiger partial charge is 0.119 e. The van der Waals surface area contributed by atoms with Crippen LogP contribution in [0.3, 0.4) is 0 Å². The molecule has 15 heavy (non-hydrogen) atoms. The van der Waals surface area contributed by atoms with Gasteiger partial charge in [0.1, 0.15) is 5.75 Å². The van der Waals surface area contributed by atoms with Gasteiger partial charge in [0.15, 0.2) is 0 Å². The molecule has 1 fully saturated rings. The summed E-state index contributed by atoms with van der Waals surface area (Å²) in [5, 5.41) is 3.44. The maximum atomic E-state index is 5.73. The SMILES string of the molecule is CCOc1ccc(NC2CC(N)C2)cc1. The van der Waals surface area contributed by atoms with Crippen molar-refractivity contribution in [1.82, 2.24) is 0 Å². The molecule has 3 nitrogen and oxygen atoms in total. The largest absolute Gasteiger partial charge is 0.494 e. The molecule has 1 saturated carbocycles. The lowest BCUT2D eigenvalue weighted by atomic mass is 9.87. The molecule has 0 spiro atoms. The molecule has 3 N–H and O–H groups in total. The molecular weight excluding hydrogens is 188 g/mol. The maximum absolute atomic E-state index is 5.73. The van der Waals surface area contributed by atoms with E-state index in [4.69, 9.17) is 10.5 Å². The van der Waals surface area contributed by atoms with Crippen molar-refractivity contribution in [3.8, 4) is 5.75 Å². The zero-order chi connectivity index (χ0) is 10.7. The number of hydrogen-bond acceptors (Lipinski definition) is 3. The van der Waals surface area contributed by atoms with E-state index in [1.807, 2.05) is 19.1 Å². The van der Waals surface area contributed by atoms with Crippen molar-refractivity contribution in [3.05, 3.63) is 24.3 Å². The van der Waals surface area contributed by atoms with E-state index in [2.05, 4.69) is 17.4 Å². The number of rotatable bonds is 4. The van der Waals surface area contributed by atoms with Gasteiger partial charge in [0.25, 0.3) is 0 Å². The van der Waals surface area contributed by atoms with Gasteiger partial charge in [0, 0.05) is 17.8 Å². The molecule has 0 unspecified atom stereocenters. The Kier molecular flexibility index (Phi) is 3.11. The lowest BCUT2D eigenvalue weighted by Gasteiger charge is -2.33. The predicted octanol–water partition coefficient (Wildman–Crippen LogP) is 1.99. The zero-order valence-electron chi connectivity index (χ0n) is 9.07. The minimum Gasteiger partial charge on any atom is -0.494 e. The van der Waals surface area contributed by atoms with Gasteiger partial charge in [-0.2, -0.15) is 0 Å². The molecule has 0 amide bonds. The molecule has 0 radical (unpaired) electrons. The summed E-state index contributed by atoms with van der Waals surface area (Å²) in [5.74, 6) is 0.924. The Morgan fingerprint density at radius 2 is 2.00 bits per heavy atom. The average Bonchev–Trinajstić information content (AvgIpc) is 2.19. The first-order chi connectivity index (χ1) is 7.28. The molecule has 82 valence electrons. The molecule has 0 bridgehead atoms. The van der Waals surface area contributed by atoms with Crippen LogP contribution in [0.5, 0.6) is 5.75 Å². The van der Waals surface area contributed by atoms with Gasteiger partial charge in [-0.1, -0.05) is 0 Å². The summed E-state index contributed by atoms with van der Waals surface area (Å²) < 4.78 is 5.38. The average molecular weight is 206 g/mol. The molecule has 0 aromatic heterocycles. The van der Waals surface area contributed by atoms with Gasteiger partial charge in [-0.15, -0.1) is 0 Å². The van der Waals surface area contributed by atoms with E-state index in [0.29, 0.717) is 18.7 Å². The second-order valence-corrected chi connectivity index (χ2v) is 4.03. The Bertz CT molecular complexity index is 304. The summed E-state index contributed by atoms with van der Waals surface area (Å²) in [6.45, 7) is 2.70.